The molecule has 1 fully saturated rings. The Morgan fingerprint density at radius 1 is 1.12 bits per heavy atom. The van der Waals surface area contributed by atoms with Crippen molar-refractivity contribution < 1.29 is 17.9 Å². The Morgan fingerprint density at radius 2 is 1.81 bits per heavy atom. The number of rotatable bonds is 6. The lowest BCUT2D eigenvalue weighted by molar-refractivity contribution is 0.122. The summed E-state index contributed by atoms with van der Waals surface area (Å²) < 4.78 is 38.4. The molecule has 0 amide bonds. The highest BCUT2D eigenvalue weighted by atomic mass is 32.2. The van der Waals surface area contributed by atoms with Crippen LogP contribution in [0, 0.1) is 0 Å². The van der Waals surface area contributed by atoms with Crippen LogP contribution in [0.2, 0.25) is 0 Å². The Hall–Kier alpha value is -2.32. The summed E-state index contributed by atoms with van der Waals surface area (Å²) in [4.78, 5) is 6.63. The van der Waals surface area contributed by atoms with E-state index in [0.29, 0.717) is 24.7 Å². The minimum absolute atomic E-state index is 0.0339. The Balaban J connectivity index is 1.68. The zero-order valence-electron chi connectivity index (χ0n) is 14.9. The third-order valence-electron chi connectivity index (χ3n) is 3.84. The predicted octanol–water partition coefficient (Wildman–Crippen LogP) is 2.51. The van der Waals surface area contributed by atoms with Crippen LogP contribution in [-0.4, -0.2) is 45.8 Å². The fourth-order valence-corrected chi connectivity index (χ4v) is 3.65. The Morgan fingerprint density at radius 3 is 2.38 bits per heavy atom. The molecule has 1 aromatic heterocycles. The molecule has 1 aliphatic heterocycles. The maximum absolute atomic E-state index is 12.5. The summed E-state index contributed by atoms with van der Waals surface area (Å²) in [6.07, 6.45) is 1.56. The van der Waals surface area contributed by atoms with Gasteiger partial charge in [-0.3, -0.25) is 4.72 Å². The number of nitrogens with one attached hydrogen (secondary N) is 1. The van der Waals surface area contributed by atoms with Crippen molar-refractivity contribution in [2.45, 2.75) is 24.8 Å². The van der Waals surface area contributed by atoms with Crippen molar-refractivity contribution in [3.63, 3.8) is 0 Å². The second-order valence-corrected chi connectivity index (χ2v) is 7.93. The van der Waals surface area contributed by atoms with Gasteiger partial charge in [0.2, 0.25) is 0 Å². The van der Waals surface area contributed by atoms with Crippen molar-refractivity contribution in [1.82, 2.24) is 4.98 Å². The van der Waals surface area contributed by atoms with Crippen molar-refractivity contribution in [3.8, 4) is 5.75 Å². The largest absolute Gasteiger partial charge is 0.491 e. The van der Waals surface area contributed by atoms with Gasteiger partial charge >= 0.3 is 0 Å². The number of nitrogens with zero attached hydrogens (tertiary/aromatic N) is 2. The van der Waals surface area contributed by atoms with Crippen LogP contribution in [0.15, 0.2) is 47.5 Å². The zero-order chi connectivity index (χ0) is 18.6. The number of anilines is 2. The fraction of sp³-hybridized carbons (Fsp3) is 0.389. The van der Waals surface area contributed by atoms with E-state index >= 15 is 0 Å². The van der Waals surface area contributed by atoms with Gasteiger partial charge in [-0.1, -0.05) is 0 Å². The summed E-state index contributed by atoms with van der Waals surface area (Å²) >= 11 is 0. The van der Waals surface area contributed by atoms with Crippen molar-refractivity contribution in [1.29, 1.82) is 0 Å². The van der Waals surface area contributed by atoms with Gasteiger partial charge in [0.15, 0.2) is 0 Å². The van der Waals surface area contributed by atoms with Crippen molar-refractivity contribution in [3.05, 3.63) is 42.6 Å². The number of benzene rings is 1. The highest BCUT2D eigenvalue weighted by molar-refractivity contribution is 7.92. The summed E-state index contributed by atoms with van der Waals surface area (Å²) in [6.45, 7) is 6.74. The number of pyridine rings is 1. The molecule has 1 saturated heterocycles. The molecule has 0 unspecified atom stereocenters. The molecule has 3 rings (SSSR count). The van der Waals surface area contributed by atoms with E-state index in [1.807, 2.05) is 19.9 Å². The monoisotopic (exact) mass is 377 g/mol. The van der Waals surface area contributed by atoms with Crippen molar-refractivity contribution in [2.24, 2.45) is 0 Å². The molecule has 140 valence electrons. The van der Waals surface area contributed by atoms with Crippen LogP contribution in [0.25, 0.3) is 0 Å². The molecule has 0 bridgehead atoms. The molecular weight excluding hydrogens is 354 g/mol. The Bertz CT molecular complexity index is 815. The van der Waals surface area contributed by atoms with Crippen LogP contribution in [0.5, 0.6) is 5.75 Å². The molecule has 0 aliphatic carbocycles. The van der Waals surface area contributed by atoms with Crippen LogP contribution >= 0.6 is 0 Å². The average molecular weight is 377 g/mol. The number of hydrogen-bond acceptors (Lipinski definition) is 6. The molecule has 1 aromatic carbocycles. The van der Waals surface area contributed by atoms with Gasteiger partial charge in [-0.05, 0) is 50.2 Å². The predicted molar refractivity (Wildman–Crippen MR) is 100 cm³/mol. The lowest BCUT2D eigenvalue weighted by atomic mass is 10.3. The smallest absolute Gasteiger partial charge is 0.261 e. The molecule has 2 aromatic rings. The number of sulfonamides is 1. The average Bonchev–Trinajstić information content (AvgIpc) is 2.63. The van der Waals surface area contributed by atoms with E-state index < -0.39 is 10.0 Å². The Kier molecular flexibility index (Phi) is 5.63. The van der Waals surface area contributed by atoms with Gasteiger partial charge in [0.05, 0.1) is 36.1 Å². The molecule has 8 heteroatoms. The van der Waals surface area contributed by atoms with E-state index in [1.165, 1.54) is 18.3 Å². The molecule has 1 N–H and O–H groups in total. The van der Waals surface area contributed by atoms with Crippen molar-refractivity contribution >= 4 is 21.5 Å². The van der Waals surface area contributed by atoms with E-state index in [0.717, 1.165) is 18.9 Å². The van der Waals surface area contributed by atoms with Crippen molar-refractivity contribution in [2.75, 3.05) is 35.9 Å². The summed E-state index contributed by atoms with van der Waals surface area (Å²) in [7, 11) is -3.68. The van der Waals surface area contributed by atoms with Gasteiger partial charge in [-0.15, -0.1) is 0 Å². The van der Waals surface area contributed by atoms with E-state index in [2.05, 4.69) is 14.6 Å². The second-order valence-electron chi connectivity index (χ2n) is 6.25. The van der Waals surface area contributed by atoms with Gasteiger partial charge in [0, 0.05) is 13.1 Å². The van der Waals surface area contributed by atoms with Gasteiger partial charge in [-0.2, -0.15) is 0 Å². The van der Waals surface area contributed by atoms with Gasteiger partial charge in [0.25, 0.3) is 10.0 Å². The van der Waals surface area contributed by atoms with Crippen LogP contribution in [0.3, 0.4) is 0 Å². The molecule has 0 saturated carbocycles. The maximum atomic E-state index is 12.5. The third-order valence-corrected chi connectivity index (χ3v) is 5.24. The van der Waals surface area contributed by atoms with Gasteiger partial charge in [0.1, 0.15) is 11.6 Å². The standard InChI is InChI=1S/C18H23N3O4S/c1-14(2)25-16-4-6-17(7-5-16)26(22,23)20-15-3-8-18(19-13-15)21-9-11-24-12-10-21/h3-8,13-14,20H,9-12H2,1-2H3. The van der Waals surface area contributed by atoms with E-state index in [-0.39, 0.29) is 11.0 Å². The van der Waals surface area contributed by atoms with E-state index in [1.54, 1.807) is 18.2 Å². The molecule has 0 radical (unpaired) electrons. The highest BCUT2D eigenvalue weighted by Gasteiger charge is 2.16. The molecule has 0 atom stereocenters. The lowest BCUT2D eigenvalue weighted by Gasteiger charge is -2.27. The van der Waals surface area contributed by atoms with Crippen LogP contribution < -0.4 is 14.4 Å². The number of ether oxygens (including phenoxy) is 2. The molecule has 1 aliphatic rings. The second kappa shape index (κ2) is 7.92. The summed E-state index contributed by atoms with van der Waals surface area (Å²) in [6, 6.07) is 9.86. The van der Waals surface area contributed by atoms with E-state index in [4.69, 9.17) is 9.47 Å². The first-order chi connectivity index (χ1) is 12.4. The normalized spacial score (nSPS) is 15.1. The SMILES string of the molecule is CC(C)Oc1ccc(S(=O)(=O)Nc2ccc(N3CCOCC3)nc2)cc1. The number of aromatic nitrogens is 1. The first-order valence-electron chi connectivity index (χ1n) is 8.52. The summed E-state index contributed by atoms with van der Waals surface area (Å²) in [5, 5.41) is 0. The minimum atomic E-state index is -3.68. The van der Waals surface area contributed by atoms with E-state index in [9.17, 15) is 8.42 Å². The number of morpholine rings is 1. The zero-order valence-corrected chi connectivity index (χ0v) is 15.7. The van der Waals surface area contributed by atoms with Crippen LogP contribution in [0.1, 0.15) is 13.8 Å². The van der Waals surface area contributed by atoms with Crippen LogP contribution in [0.4, 0.5) is 11.5 Å². The third kappa shape index (κ3) is 4.64. The topological polar surface area (TPSA) is 80.8 Å². The summed E-state index contributed by atoms with van der Waals surface area (Å²) in [5.74, 6) is 1.45. The lowest BCUT2D eigenvalue weighted by Crippen LogP contribution is -2.36. The quantitative estimate of drug-likeness (QED) is 0.833. The molecule has 0 spiro atoms. The van der Waals surface area contributed by atoms with Gasteiger partial charge < -0.3 is 14.4 Å². The molecular formula is C18H23N3O4S. The molecule has 26 heavy (non-hydrogen) atoms. The maximum Gasteiger partial charge on any atom is 0.261 e. The first-order valence-corrected chi connectivity index (χ1v) is 10.0. The fourth-order valence-electron chi connectivity index (χ4n) is 2.61. The first kappa shape index (κ1) is 18.5. The minimum Gasteiger partial charge on any atom is -0.491 e. The van der Waals surface area contributed by atoms with Gasteiger partial charge in [-0.25, -0.2) is 13.4 Å². The Labute approximate surface area is 154 Å². The molecule has 7 nitrogen and oxygen atoms in total. The number of hydrogen-bond donors (Lipinski definition) is 1. The molecule has 2 heterocycles. The summed E-state index contributed by atoms with van der Waals surface area (Å²) in [5.41, 5.74) is 0.421. The highest BCUT2D eigenvalue weighted by Crippen LogP contribution is 2.21. The van der Waals surface area contributed by atoms with Crippen LogP contribution in [-0.2, 0) is 14.8 Å².